The van der Waals surface area contributed by atoms with Gasteiger partial charge in [-0.1, -0.05) is 0 Å². The fraction of sp³-hybridized carbons (Fsp3) is 0.333. The van der Waals surface area contributed by atoms with E-state index in [0.717, 1.165) is 5.56 Å². The topological polar surface area (TPSA) is 76.4 Å². The predicted molar refractivity (Wildman–Crippen MR) is 51.7 cm³/mol. The van der Waals surface area contributed by atoms with E-state index in [1.54, 1.807) is 16.8 Å². The lowest BCUT2D eigenvalue weighted by Gasteiger charge is -2.00. The van der Waals surface area contributed by atoms with Crippen LogP contribution >= 0.6 is 0 Å². The maximum absolute atomic E-state index is 8.87. The summed E-state index contributed by atoms with van der Waals surface area (Å²) in [5.41, 5.74) is 7.36. The number of imidazole rings is 1. The van der Waals surface area contributed by atoms with Crippen LogP contribution in [0, 0.1) is 6.92 Å². The van der Waals surface area contributed by atoms with Crippen molar-refractivity contribution in [2.45, 2.75) is 13.0 Å². The minimum atomic E-state index is -0.433. The second kappa shape index (κ2) is 3.36. The average molecular weight is 192 g/mol. The van der Waals surface area contributed by atoms with Crippen LogP contribution in [0.1, 0.15) is 17.3 Å². The zero-order chi connectivity index (χ0) is 10.1. The molecule has 1 unspecified atom stereocenters. The summed E-state index contributed by atoms with van der Waals surface area (Å²) in [5.74, 6) is 0.606. The van der Waals surface area contributed by atoms with Crippen LogP contribution in [0.25, 0.3) is 5.78 Å². The summed E-state index contributed by atoms with van der Waals surface area (Å²) in [5, 5.41) is 8.87. The Bertz CT molecular complexity index is 451. The molecule has 0 fully saturated rings. The van der Waals surface area contributed by atoms with Gasteiger partial charge in [0.05, 0.1) is 18.3 Å². The first-order chi connectivity index (χ1) is 6.70. The minimum absolute atomic E-state index is 0.108. The summed E-state index contributed by atoms with van der Waals surface area (Å²) in [6.45, 7) is 1.85. The molecule has 3 N–H and O–H groups in total. The molecule has 74 valence electrons. The van der Waals surface area contributed by atoms with Gasteiger partial charge in [-0.2, -0.15) is 0 Å². The Morgan fingerprint density at radius 3 is 3.07 bits per heavy atom. The average Bonchev–Trinajstić information content (AvgIpc) is 2.59. The largest absolute Gasteiger partial charge is 0.394 e. The Morgan fingerprint density at radius 1 is 1.57 bits per heavy atom. The van der Waals surface area contributed by atoms with Crippen LogP contribution in [0.2, 0.25) is 0 Å². The van der Waals surface area contributed by atoms with Gasteiger partial charge < -0.3 is 10.8 Å². The molecule has 0 spiro atoms. The molecule has 0 aromatic carbocycles. The molecule has 0 saturated carbocycles. The molecular weight excluding hydrogens is 180 g/mol. The lowest BCUT2D eigenvalue weighted by atomic mass is 10.2. The second-order valence-electron chi connectivity index (χ2n) is 3.29. The van der Waals surface area contributed by atoms with Crippen LogP contribution in [0.5, 0.6) is 0 Å². The van der Waals surface area contributed by atoms with Crippen LogP contribution < -0.4 is 5.73 Å². The summed E-state index contributed by atoms with van der Waals surface area (Å²) < 4.78 is 1.81. The van der Waals surface area contributed by atoms with Crippen LogP contribution in [-0.4, -0.2) is 26.1 Å². The van der Waals surface area contributed by atoms with Crippen LogP contribution in [-0.2, 0) is 0 Å². The van der Waals surface area contributed by atoms with Crippen molar-refractivity contribution in [3.63, 3.8) is 0 Å². The second-order valence-corrected chi connectivity index (χ2v) is 3.29. The Hall–Kier alpha value is -1.46. The third-order valence-electron chi connectivity index (χ3n) is 2.03. The molecule has 5 heteroatoms. The number of aliphatic hydroxyl groups is 1. The van der Waals surface area contributed by atoms with E-state index in [9.17, 15) is 0 Å². The monoisotopic (exact) mass is 192 g/mol. The number of aromatic nitrogens is 3. The van der Waals surface area contributed by atoms with Crippen molar-refractivity contribution < 1.29 is 5.11 Å². The Kier molecular flexibility index (Phi) is 2.18. The van der Waals surface area contributed by atoms with Gasteiger partial charge in [0.15, 0.2) is 0 Å². The highest BCUT2D eigenvalue weighted by Crippen LogP contribution is 2.09. The molecule has 0 amide bonds. The third kappa shape index (κ3) is 1.47. The predicted octanol–water partition coefficient (Wildman–Crippen LogP) is 0.0298. The van der Waals surface area contributed by atoms with Gasteiger partial charge in [0.2, 0.25) is 5.78 Å². The minimum Gasteiger partial charge on any atom is -0.394 e. The smallest absolute Gasteiger partial charge is 0.233 e. The molecule has 2 aromatic rings. The quantitative estimate of drug-likeness (QED) is 0.703. The lowest BCUT2D eigenvalue weighted by molar-refractivity contribution is 0.266. The van der Waals surface area contributed by atoms with Crippen LogP contribution in [0.3, 0.4) is 0 Å². The molecule has 0 aliphatic rings. The maximum atomic E-state index is 8.87. The fourth-order valence-corrected chi connectivity index (χ4v) is 1.28. The maximum Gasteiger partial charge on any atom is 0.233 e. The zero-order valence-electron chi connectivity index (χ0n) is 7.88. The first-order valence-corrected chi connectivity index (χ1v) is 4.38. The number of nitrogens with two attached hydrogens (primary N) is 1. The first kappa shape index (κ1) is 9.11. The van der Waals surface area contributed by atoms with Gasteiger partial charge in [0, 0.05) is 18.6 Å². The molecule has 2 rings (SSSR count). The molecule has 0 saturated heterocycles. The number of fused-ring (bicyclic) bond motifs is 1. The Labute approximate surface area is 81.2 Å². The van der Waals surface area contributed by atoms with E-state index in [0.29, 0.717) is 11.5 Å². The number of hydrogen-bond donors (Lipinski definition) is 2. The molecular formula is C9H12N4O. The SMILES string of the molecule is Cc1cnc2nc(C(N)CO)cn2c1. The molecule has 0 aliphatic heterocycles. The summed E-state index contributed by atoms with van der Waals surface area (Å²) >= 11 is 0. The molecule has 14 heavy (non-hydrogen) atoms. The number of aryl methyl sites for hydroxylation is 1. The zero-order valence-corrected chi connectivity index (χ0v) is 7.88. The number of rotatable bonds is 2. The summed E-state index contributed by atoms with van der Waals surface area (Å²) in [4.78, 5) is 8.32. The van der Waals surface area contributed by atoms with Crippen molar-refractivity contribution in [3.05, 3.63) is 29.8 Å². The van der Waals surface area contributed by atoms with Gasteiger partial charge in [-0.05, 0) is 12.5 Å². The van der Waals surface area contributed by atoms with Gasteiger partial charge in [0.1, 0.15) is 0 Å². The van der Waals surface area contributed by atoms with E-state index in [1.165, 1.54) is 0 Å². The Morgan fingerprint density at radius 2 is 2.36 bits per heavy atom. The van der Waals surface area contributed by atoms with Crippen molar-refractivity contribution in [1.82, 2.24) is 14.4 Å². The number of nitrogens with zero attached hydrogens (tertiary/aromatic N) is 3. The van der Waals surface area contributed by atoms with E-state index in [2.05, 4.69) is 9.97 Å². The highest BCUT2D eigenvalue weighted by Gasteiger charge is 2.09. The summed E-state index contributed by atoms with van der Waals surface area (Å²) in [6.07, 6.45) is 5.45. The van der Waals surface area contributed by atoms with Gasteiger partial charge in [-0.25, -0.2) is 9.97 Å². The Balaban J connectivity index is 2.51. The van der Waals surface area contributed by atoms with Crippen molar-refractivity contribution >= 4 is 5.78 Å². The third-order valence-corrected chi connectivity index (χ3v) is 2.03. The summed E-state index contributed by atoms with van der Waals surface area (Å²) in [7, 11) is 0. The highest BCUT2D eigenvalue weighted by molar-refractivity contribution is 5.32. The molecule has 0 bridgehead atoms. The van der Waals surface area contributed by atoms with Gasteiger partial charge >= 0.3 is 0 Å². The van der Waals surface area contributed by atoms with Crippen molar-refractivity contribution in [1.29, 1.82) is 0 Å². The molecule has 0 aliphatic carbocycles. The normalized spacial score (nSPS) is 13.4. The molecule has 5 nitrogen and oxygen atoms in total. The highest BCUT2D eigenvalue weighted by atomic mass is 16.3. The van der Waals surface area contributed by atoms with Gasteiger partial charge in [-0.3, -0.25) is 4.40 Å². The fourth-order valence-electron chi connectivity index (χ4n) is 1.28. The molecule has 0 radical (unpaired) electrons. The standard InChI is InChI=1S/C9H12N4O/c1-6-2-11-9-12-8(7(10)5-14)4-13(9)3-6/h2-4,7,14H,5,10H2,1H3. The molecule has 1 atom stereocenters. The van der Waals surface area contributed by atoms with Gasteiger partial charge in [-0.15, -0.1) is 0 Å². The van der Waals surface area contributed by atoms with E-state index >= 15 is 0 Å². The lowest BCUT2D eigenvalue weighted by Crippen LogP contribution is -2.14. The van der Waals surface area contributed by atoms with Crippen LogP contribution in [0.4, 0.5) is 0 Å². The van der Waals surface area contributed by atoms with Crippen molar-refractivity contribution in [3.8, 4) is 0 Å². The molecule has 2 aromatic heterocycles. The number of aliphatic hydroxyl groups excluding tert-OH is 1. The molecule has 2 heterocycles. The first-order valence-electron chi connectivity index (χ1n) is 4.38. The van der Waals surface area contributed by atoms with Crippen molar-refractivity contribution in [2.24, 2.45) is 5.73 Å². The van der Waals surface area contributed by atoms with Crippen LogP contribution in [0.15, 0.2) is 18.6 Å². The summed E-state index contributed by atoms with van der Waals surface area (Å²) in [6, 6.07) is -0.433. The van der Waals surface area contributed by atoms with Gasteiger partial charge in [0.25, 0.3) is 0 Å². The van der Waals surface area contributed by atoms with E-state index in [1.807, 2.05) is 13.1 Å². The van der Waals surface area contributed by atoms with E-state index < -0.39 is 6.04 Å². The number of hydrogen-bond acceptors (Lipinski definition) is 4. The van der Waals surface area contributed by atoms with Crippen molar-refractivity contribution in [2.75, 3.05) is 6.61 Å². The van der Waals surface area contributed by atoms with E-state index in [4.69, 9.17) is 10.8 Å². The van der Waals surface area contributed by atoms with E-state index in [-0.39, 0.29) is 6.61 Å².